The predicted octanol–water partition coefficient (Wildman–Crippen LogP) is 5.38. The molecule has 2 aromatic heterocycles. The topological polar surface area (TPSA) is 49.2 Å². The number of pyridine rings is 1. The van der Waals surface area contributed by atoms with Gasteiger partial charge in [-0.1, -0.05) is 43.4 Å². The molecule has 3 aromatic rings. The molecule has 0 bridgehead atoms. The molecule has 0 unspecified atom stereocenters. The van der Waals surface area contributed by atoms with Gasteiger partial charge in [0.05, 0.1) is 7.11 Å². The van der Waals surface area contributed by atoms with Crippen LogP contribution < -0.4 is 4.74 Å². The van der Waals surface area contributed by atoms with Crippen molar-refractivity contribution in [1.29, 1.82) is 0 Å². The summed E-state index contributed by atoms with van der Waals surface area (Å²) in [5.74, 6) is 0.788. The number of fused-ring (bicyclic) bond motifs is 1. The standard InChI is InChI=1S/C20H26ClN3O2Si/c1-14-7-6-8-16(25-2)18(14)19-15-9-10-17(21)22-20(15)24(23-19)13-26-11-12-27(3,4)5/h6-10H,11-13H2,1-5H3. The number of methoxy groups -OCH3 is 1. The van der Waals surface area contributed by atoms with Crippen molar-refractivity contribution >= 4 is 30.7 Å². The summed E-state index contributed by atoms with van der Waals surface area (Å²) in [4.78, 5) is 4.49. The summed E-state index contributed by atoms with van der Waals surface area (Å²) in [6.45, 7) is 10.1. The average Bonchev–Trinajstić information content (AvgIpc) is 2.95. The van der Waals surface area contributed by atoms with Gasteiger partial charge in [-0.05, 0) is 36.7 Å². The van der Waals surface area contributed by atoms with Crippen LogP contribution in [0.5, 0.6) is 5.75 Å². The van der Waals surface area contributed by atoms with E-state index in [4.69, 9.17) is 26.2 Å². The minimum absolute atomic E-state index is 0.350. The lowest BCUT2D eigenvalue weighted by Gasteiger charge is -2.15. The number of aryl methyl sites for hydroxylation is 1. The molecule has 0 radical (unpaired) electrons. The van der Waals surface area contributed by atoms with Crippen LogP contribution in [0.2, 0.25) is 30.8 Å². The van der Waals surface area contributed by atoms with Crippen LogP contribution in [0.1, 0.15) is 5.56 Å². The van der Waals surface area contributed by atoms with Gasteiger partial charge in [0.15, 0.2) is 5.65 Å². The van der Waals surface area contributed by atoms with Crippen molar-refractivity contribution in [1.82, 2.24) is 14.8 Å². The second-order valence-corrected chi connectivity index (χ2v) is 13.9. The molecule has 0 aliphatic heterocycles. The fourth-order valence-corrected chi connectivity index (χ4v) is 3.85. The van der Waals surface area contributed by atoms with E-state index in [1.54, 1.807) is 17.9 Å². The molecule has 0 saturated carbocycles. The maximum Gasteiger partial charge on any atom is 0.162 e. The smallest absolute Gasteiger partial charge is 0.162 e. The molecule has 0 aliphatic rings. The van der Waals surface area contributed by atoms with Crippen molar-refractivity contribution in [3.8, 4) is 17.0 Å². The van der Waals surface area contributed by atoms with Crippen LogP contribution >= 0.6 is 11.6 Å². The molecule has 7 heteroatoms. The summed E-state index contributed by atoms with van der Waals surface area (Å²) in [5.41, 5.74) is 3.61. The number of hydrogen-bond acceptors (Lipinski definition) is 4. The van der Waals surface area contributed by atoms with Gasteiger partial charge in [-0.15, -0.1) is 0 Å². The van der Waals surface area contributed by atoms with Gasteiger partial charge in [-0.3, -0.25) is 0 Å². The third-order valence-corrected chi connectivity index (χ3v) is 6.38. The van der Waals surface area contributed by atoms with Crippen molar-refractivity contribution in [2.24, 2.45) is 0 Å². The Bertz CT molecular complexity index is 950. The van der Waals surface area contributed by atoms with Gasteiger partial charge >= 0.3 is 0 Å². The first-order valence-corrected chi connectivity index (χ1v) is 13.1. The Morgan fingerprint density at radius 1 is 1.15 bits per heavy atom. The van der Waals surface area contributed by atoms with Crippen LogP contribution in [0.3, 0.4) is 0 Å². The lowest BCUT2D eigenvalue weighted by Crippen LogP contribution is -2.22. The Hall–Kier alpha value is -1.89. The summed E-state index contributed by atoms with van der Waals surface area (Å²) in [7, 11) is 0.539. The average molecular weight is 404 g/mol. The minimum Gasteiger partial charge on any atom is -0.496 e. The molecule has 0 aliphatic carbocycles. The van der Waals surface area contributed by atoms with E-state index in [9.17, 15) is 0 Å². The highest BCUT2D eigenvalue weighted by atomic mass is 35.5. The summed E-state index contributed by atoms with van der Waals surface area (Å²) in [6.07, 6.45) is 0. The Morgan fingerprint density at radius 3 is 2.63 bits per heavy atom. The van der Waals surface area contributed by atoms with E-state index in [-0.39, 0.29) is 0 Å². The number of benzene rings is 1. The molecule has 0 fully saturated rings. The number of aromatic nitrogens is 3. The molecule has 2 heterocycles. The second-order valence-electron chi connectivity index (χ2n) is 7.85. The van der Waals surface area contributed by atoms with Crippen LogP contribution in [0.25, 0.3) is 22.3 Å². The molecule has 0 spiro atoms. The molecule has 0 saturated heterocycles. The monoisotopic (exact) mass is 403 g/mol. The molecule has 0 amide bonds. The zero-order valence-corrected chi connectivity index (χ0v) is 18.3. The van der Waals surface area contributed by atoms with Gasteiger partial charge in [-0.25, -0.2) is 9.67 Å². The zero-order valence-electron chi connectivity index (χ0n) is 16.5. The number of halogens is 1. The summed E-state index contributed by atoms with van der Waals surface area (Å²) < 4.78 is 13.3. The fraction of sp³-hybridized carbons (Fsp3) is 0.400. The SMILES string of the molecule is COc1cccc(C)c1-c1nn(COCC[Si](C)(C)C)c2nc(Cl)ccc12. The minimum atomic E-state index is -1.13. The molecular weight excluding hydrogens is 378 g/mol. The van der Waals surface area contributed by atoms with Gasteiger partial charge in [0.25, 0.3) is 0 Å². The fourth-order valence-electron chi connectivity index (χ4n) is 2.95. The molecule has 5 nitrogen and oxygen atoms in total. The van der Waals surface area contributed by atoms with Gasteiger partial charge in [0.2, 0.25) is 0 Å². The van der Waals surface area contributed by atoms with Crippen LogP contribution in [0.4, 0.5) is 0 Å². The van der Waals surface area contributed by atoms with Crippen molar-refractivity contribution < 1.29 is 9.47 Å². The van der Waals surface area contributed by atoms with E-state index in [1.165, 1.54) is 0 Å². The predicted molar refractivity (Wildman–Crippen MR) is 113 cm³/mol. The molecule has 27 heavy (non-hydrogen) atoms. The quantitative estimate of drug-likeness (QED) is 0.302. The number of nitrogens with zero attached hydrogens (tertiary/aromatic N) is 3. The largest absolute Gasteiger partial charge is 0.496 e. The Labute approximate surface area is 166 Å². The normalized spacial score (nSPS) is 11.9. The van der Waals surface area contributed by atoms with E-state index >= 15 is 0 Å². The maximum atomic E-state index is 6.14. The summed E-state index contributed by atoms with van der Waals surface area (Å²) in [6, 6.07) is 10.8. The van der Waals surface area contributed by atoms with Gasteiger partial charge < -0.3 is 9.47 Å². The maximum absolute atomic E-state index is 6.14. The van der Waals surface area contributed by atoms with Crippen LogP contribution in [-0.4, -0.2) is 36.6 Å². The van der Waals surface area contributed by atoms with E-state index < -0.39 is 8.07 Å². The molecule has 144 valence electrons. The first-order chi connectivity index (χ1) is 12.8. The third-order valence-electron chi connectivity index (χ3n) is 4.46. The summed E-state index contributed by atoms with van der Waals surface area (Å²) in [5, 5.41) is 6.18. The van der Waals surface area contributed by atoms with E-state index in [2.05, 4.69) is 37.6 Å². The van der Waals surface area contributed by atoms with Crippen molar-refractivity contribution in [3.05, 3.63) is 41.0 Å². The number of ether oxygens (including phenoxy) is 2. The summed E-state index contributed by atoms with van der Waals surface area (Å²) >= 11 is 6.14. The molecular formula is C20H26ClN3O2Si. The highest BCUT2D eigenvalue weighted by Crippen LogP contribution is 2.36. The van der Waals surface area contributed by atoms with Crippen molar-refractivity contribution in [2.75, 3.05) is 13.7 Å². The van der Waals surface area contributed by atoms with Crippen LogP contribution in [0, 0.1) is 6.92 Å². The van der Waals surface area contributed by atoms with E-state index in [1.807, 2.05) is 18.2 Å². The first-order valence-electron chi connectivity index (χ1n) is 9.05. The Kier molecular flexibility index (Phi) is 5.88. The van der Waals surface area contributed by atoms with Crippen molar-refractivity contribution in [2.45, 2.75) is 39.3 Å². The molecule has 3 rings (SSSR count). The molecule has 0 N–H and O–H groups in total. The Balaban J connectivity index is 2.01. The lowest BCUT2D eigenvalue weighted by molar-refractivity contribution is 0.0814. The molecule has 0 atom stereocenters. The van der Waals surface area contributed by atoms with Gasteiger partial charge in [0, 0.05) is 25.6 Å². The number of rotatable bonds is 7. The lowest BCUT2D eigenvalue weighted by atomic mass is 10.0. The van der Waals surface area contributed by atoms with E-state index in [0.717, 1.165) is 46.3 Å². The third kappa shape index (κ3) is 4.51. The molecule has 1 aromatic carbocycles. The van der Waals surface area contributed by atoms with Crippen molar-refractivity contribution in [3.63, 3.8) is 0 Å². The van der Waals surface area contributed by atoms with E-state index in [0.29, 0.717) is 11.9 Å². The Morgan fingerprint density at radius 2 is 1.93 bits per heavy atom. The van der Waals surface area contributed by atoms with Gasteiger partial charge in [-0.2, -0.15) is 5.10 Å². The van der Waals surface area contributed by atoms with Crippen LogP contribution in [-0.2, 0) is 11.5 Å². The number of hydrogen-bond donors (Lipinski definition) is 0. The highest BCUT2D eigenvalue weighted by Gasteiger charge is 2.19. The zero-order chi connectivity index (χ0) is 19.6. The highest BCUT2D eigenvalue weighted by molar-refractivity contribution is 6.76. The first kappa shape index (κ1) is 19.9. The van der Waals surface area contributed by atoms with Gasteiger partial charge in [0.1, 0.15) is 23.3 Å². The van der Waals surface area contributed by atoms with Crippen LogP contribution in [0.15, 0.2) is 30.3 Å². The second kappa shape index (κ2) is 8.00.